The molecule has 126 valence electrons. The molecule has 1 aliphatic carbocycles. The quantitative estimate of drug-likeness (QED) is 0.492. The highest BCUT2D eigenvalue weighted by molar-refractivity contribution is 4.93. The monoisotopic (exact) mass is 298 g/mol. The van der Waals surface area contributed by atoms with E-state index in [1.807, 2.05) is 0 Å². The number of ether oxygens (including phenoxy) is 1. The van der Waals surface area contributed by atoms with Crippen LogP contribution >= 0.6 is 0 Å². The van der Waals surface area contributed by atoms with E-state index in [1.165, 1.54) is 44.9 Å². The molecule has 1 aliphatic rings. The van der Waals surface area contributed by atoms with Crippen molar-refractivity contribution in [3.63, 3.8) is 0 Å². The topological polar surface area (TPSA) is 38.5 Å². The second-order valence-electron chi connectivity index (χ2n) is 7.12. The van der Waals surface area contributed by atoms with Crippen molar-refractivity contribution in [1.29, 1.82) is 0 Å². The normalized spacial score (nSPS) is 19.1. The molecule has 1 rings (SSSR count). The van der Waals surface area contributed by atoms with Gasteiger partial charge in [0.2, 0.25) is 0 Å². The van der Waals surface area contributed by atoms with Gasteiger partial charge < -0.3 is 10.5 Å². The highest BCUT2D eigenvalue weighted by Crippen LogP contribution is 2.32. The molecule has 2 N–H and O–H groups in total. The van der Waals surface area contributed by atoms with E-state index >= 15 is 0 Å². The molecule has 0 aromatic heterocycles. The lowest BCUT2D eigenvalue weighted by Crippen LogP contribution is -2.55. The summed E-state index contributed by atoms with van der Waals surface area (Å²) in [5.41, 5.74) is 6.47. The molecule has 0 atom stereocenters. The van der Waals surface area contributed by atoms with Crippen molar-refractivity contribution in [2.24, 2.45) is 11.7 Å². The Morgan fingerprint density at radius 2 is 1.71 bits per heavy atom. The summed E-state index contributed by atoms with van der Waals surface area (Å²) in [4.78, 5) is 2.65. The van der Waals surface area contributed by atoms with Crippen molar-refractivity contribution in [3.8, 4) is 0 Å². The van der Waals surface area contributed by atoms with Gasteiger partial charge in [0.05, 0.1) is 6.61 Å². The number of rotatable bonds is 10. The Bertz CT molecular complexity index is 248. The molecule has 0 spiro atoms. The Hall–Kier alpha value is -0.120. The molecule has 21 heavy (non-hydrogen) atoms. The molecule has 0 saturated heterocycles. The minimum Gasteiger partial charge on any atom is -0.380 e. The van der Waals surface area contributed by atoms with Crippen LogP contribution < -0.4 is 5.73 Å². The molecule has 1 fully saturated rings. The van der Waals surface area contributed by atoms with Crippen molar-refractivity contribution in [2.75, 3.05) is 32.8 Å². The predicted molar refractivity (Wildman–Crippen MR) is 91.6 cm³/mol. The molecule has 0 bridgehead atoms. The van der Waals surface area contributed by atoms with Gasteiger partial charge in [-0.25, -0.2) is 0 Å². The van der Waals surface area contributed by atoms with E-state index in [0.717, 1.165) is 45.2 Å². The first-order valence-corrected chi connectivity index (χ1v) is 9.17. The fourth-order valence-corrected chi connectivity index (χ4v) is 3.49. The second kappa shape index (κ2) is 10.6. The van der Waals surface area contributed by atoms with E-state index in [4.69, 9.17) is 10.5 Å². The van der Waals surface area contributed by atoms with Crippen LogP contribution in [0.15, 0.2) is 0 Å². The smallest absolute Gasteiger partial charge is 0.0593 e. The predicted octanol–water partition coefficient (Wildman–Crippen LogP) is 3.81. The molecule has 0 radical (unpaired) electrons. The molecule has 0 aromatic carbocycles. The Balaban J connectivity index is 2.48. The highest BCUT2D eigenvalue weighted by atomic mass is 16.5. The minimum absolute atomic E-state index is 0.244. The molecule has 3 heteroatoms. The van der Waals surface area contributed by atoms with Gasteiger partial charge in [0.25, 0.3) is 0 Å². The van der Waals surface area contributed by atoms with Crippen LogP contribution in [0.5, 0.6) is 0 Å². The van der Waals surface area contributed by atoms with Crippen molar-refractivity contribution >= 4 is 0 Å². The molecular formula is C18H38N2O. The average Bonchev–Trinajstić information content (AvgIpc) is 2.72. The van der Waals surface area contributed by atoms with Crippen molar-refractivity contribution < 1.29 is 4.74 Å². The third-order valence-corrected chi connectivity index (χ3v) is 4.92. The summed E-state index contributed by atoms with van der Waals surface area (Å²) in [6, 6.07) is 0. The Morgan fingerprint density at radius 1 is 1.05 bits per heavy atom. The minimum atomic E-state index is 0.244. The fourth-order valence-electron chi connectivity index (χ4n) is 3.49. The van der Waals surface area contributed by atoms with Gasteiger partial charge in [0.15, 0.2) is 0 Å². The molecule has 0 aliphatic heterocycles. The standard InChI is InChI=1S/C18H38N2O/c1-4-12-20(13-15-21-14-9-17(2)3)18(16-19)10-7-5-6-8-11-18/h17H,4-16,19H2,1-3H3. The summed E-state index contributed by atoms with van der Waals surface area (Å²) in [6.07, 6.45) is 10.4. The molecular weight excluding hydrogens is 260 g/mol. The van der Waals surface area contributed by atoms with Crippen LogP contribution in [0.3, 0.4) is 0 Å². The number of hydrogen-bond acceptors (Lipinski definition) is 3. The molecule has 0 amide bonds. The zero-order chi connectivity index (χ0) is 15.6. The van der Waals surface area contributed by atoms with E-state index in [9.17, 15) is 0 Å². The average molecular weight is 299 g/mol. The van der Waals surface area contributed by atoms with Crippen molar-refractivity contribution in [3.05, 3.63) is 0 Å². The van der Waals surface area contributed by atoms with E-state index < -0.39 is 0 Å². The lowest BCUT2D eigenvalue weighted by molar-refractivity contribution is 0.0333. The second-order valence-corrected chi connectivity index (χ2v) is 7.12. The number of hydrogen-bond donors (Lipinski definition) is 1. The Kier molecular flexibility index (Phi) is 9.54. The van der Waals surface area contributed by atoms with Gasteiger partial charge in [0.1, 0.15) is 0 Å². The van der Waals surface area contributed by atoms with Crippen LogP contribution in [0.2, 0.25) is 0 Å². The SMILES string of the molecule is CCCN(CCOCCC(C)C)C1(CN)CCCCCC1. The van der Waals surface area contributed by atoms with Gasteiger partial charge in [-0.3, -0.25) is 4.90 Å². The van der Waals surface area contributed by atoms with Crippen LogP contribution in [0.1, 0.15) is 72.1 Å². The van der Waals surface area contributed by atoms with Gasteiger partial charge in [-0.15, -0.1) is 0 Å². The highest BCUT2D eigenvalue weighted by Gasteiger charge is 2.34. The summed E-state index contributed by atoms with van der Waals surface area (Å²) in [7, 11) is 0. The molecule has 1 saturated carbocycles. The molecule has 3 nitrogen and oxygen atoms in total. The third kappa shape index (κ3) is 6.66. The van der Waals surface area contributed by atoms with Gasteiger partial charge in [-0.05, 0) is 38.1 Å². The maximum atomic E-state index is 6.23. The van der Waals surface area contributed by atoms with Gasteiger partial charge in [0, 0.05) is 25.2 Å². The van der Waals surface area contributed by atoms with Crippen LogP contribution in [0.4, 0.5) is 0 Å². The van der Waals surface area contributed by atoms with Crippen LogP contribution in [-0.2, 0) is 4.74 Å². The lowest BCUT2D eigenvalue weighted by Gasteiger charge is -2.43. The van der Waals surface area contributed by atoms with Gasteiger partial charge in [-0.2, -0.15) is 0 Å². The summed E-state index contributed by atoms with van der Waals surface area (Å²) in [5.74, 6) is 0.731. The largest absolute Gasteiger partial charge is 0.380 e. The summed E-state index contributed by atoms with van der Waals surface area (Å²) in [5, 5.41) is 0. The van der Waals surface area contributed by atoms with E-state index in [0.29, 0.717) is 0 Å². The van der Waals surface area contributed by atoms with Gasteiger partial charge >= 0.3 is 0 Å². The zero-order valence-corrected chi connectivity index (χ0v) is 14.7. The first-order chi connectivity index (χ1) is 10.1. The first-order valence-electron chi connectivity index (χ1n) is 9.17. The van der Waals surface area contributed by atoms with Crippen LogP contribution in [0, 0.1) is 5.92 Å². The zero-order valence-electron chi connectivity index (χ0n) is 14.7. The van der Waals surface area contributed by atoms with Crippen LogP contribution in [-0.4, -0.2) is 43.3 Å². The lowest BCUT2D eigenvalue weighted by atomic mass is 9.88. The maximum Gasteiger partial charge on any atom is 0.0593 e. The fraction of sp³-hybridized carbons (Fsp3) is 1.00. The molecule has 0 aromatic rings. The summed E-state index contributed by atoms with van der Waals surface area (Å²) in [6.45, 7) is 11.5. The van der Waals surface area contributed by atoms with E-state index in [2.05, 4.69) is 25.7 Å². The van der Waals surface area contributed by atoms with E-state index in [1.54, 1.807) is 0 Å². The van der Waals surface area contributed by atoms with Crippen molar-refractivity contribution in [2.45, 2.75) is 77.7 Å². The Labute approximate surface area is 132 Å². The third-order valence-electron chi connectivity index (χ3n) is 4.92. The molecule has 0 unspecified atom stereocenters. The maximum absolute atomic E-state index is 6.23. The Morgan fingerprint density at radius 3 is 2.24 bits per heavy atom. The summed E-state index contributed by atoms with van der Waals surface area (Å²) >= 11 is 0. The number of nitrogens with two attached hydrogens (primary N) is 1. The summed E-state index contributed by atoms with van der Waals surface area (Å²) < 4.78 is 5.85. The van der Waals surface area contributed by atoms with Crippen molar-refractivity contribution in [1.82, 2.24) is 4.90 Å². The van der Waals surface area contributed by atoms with Gasteiger partial charge in [-0.1, -0.05) is 46.5 Å². The number of nitrogens with zero attached hydrogens (tertiary/aromatic N) is 1. The molecule has 0 heterocycles. The van der Waals surface area contributed by atoms with Crippen LogP contribution in [0.25, 0.3) is 0 Å². The van der Waals surface area contributed by atoms with E-state index in [-0.39, 0.29) is 5.54 Å². The first kappa shape index (κ1) is 18.9.